The summed E-state index contributed by atoms with van der Waals surface area (Å²) in [4.78, 5) is 2.29. The summed E-state index contributed by atoms with van der Waals surface area (Å²) in [7, 11) is 2.19. The molecule has 0 aliphatic rings. The van der Waals surface area contributed by atoms with Gasteiger partial charge in [-0.15, -0.1) is 0 Å². The van der Waals surface area contributed by atoms with Crippen LogP contribution in [0.2, 0.25) is 0 Å². The van der Waals surface area contributed by atoms with Crippen LogP contribution >= 0.6 is 0 Å². The average molecular weight is 160 g/mol. The molecule has 0 unspecified atom stereocenters. The average Bonchev–Trinajstić information content (AvgIpc) is 2.16. The molecule has 0 fully saturated rings. The van der Waals surface area contributed by atoms with Crippen molar-refractivity contribution in [3.05, 3.63) is 30.3 Å². The Kier molecular flexibility index (Phi) is 3.88. The zero-order valence-electron chi connectivity index (χ0n) is 7.83. The summed E-state index contributed by atoms with van der Waals surface area (Å²) in [5.74, 6) is 0. The molecule has 0 saturated carbocycles. The second-order valence-corrected chi connectivity index (χ2v) is 2.76. The zero-order chi connectivity index (χ0) is 8.81. The standard InChI is InChI=1S/C10H15BN/c1-3-12(4-2)11-10-8-6-5-7-9-10/h5-9H,3-4H2,1-2H3. The van der Waals surface area contributed by atoms with Gasteiger partial charge in [0.1, 0.15) is 0 Å². The van der Waals surface area contributed by atoms with E-state index in [0.717, 1.165) is 13.1 Å². The smallest absolute Gasteiger partial charge is 0.247 e. The minimum Gasteiger partial charge on any atom is -0.343 e. The van der Waals surface area contributed by atoms with Crippen LogP contribution in [0.25, 0.3) is 0 Å². The van der Waals surface area contributed by atoms with Crippen molar-refractivity contribution in [2.75, 3.05) is 13.1 Å². The van der Waals surface area contributed by atoms with E-state index in [-0.39, 0.29) is 0 Å². The van der Waals surface area contributed by atoms with E-state index in [9.17, 15) is 0 Å². The second kappa shape index (κ2) is 4.99. The van der Waals surface area contributed by atoms with Crippen LogP contribution in [-0.4, -0.2) is 25.3 Å². The van der Waals surface area contributed by atoms with Crippen LogP contribution in [0.15, 0.2) is 30.3 Å². The van der Waals surface area contributed by atoms with Crippen LogP contribution in [0.4, 0.5) is 0 Å². The highest BCUT2D eigenvalue weighted by Gasteiger charge is 2.01. The van der Waals surface area contributed by atoms with Gasteiger partial charge in [0.2, 0.25) is 7.41 Å². The molecular formula is C10H15BN. The third-order valence-corrected chi connectivity index (χ3v) is 1.94. The van der Waals surface area contributed by atoms with Gasteiger partial charge in [-0.2, -0.15) is 0 Å². The van der Waals surface area contributed by atoms with E-state index in [2.05, 4.69) is 50.3 Å². The van der Waals surface area contributed by atoms with Crippen molar-refractivity contribution in [1.29, 1.82) is 0 Å². The Morgan fingerprint density at radius 3 is 2.17 bits per heavy atom. The molecule has 0 aliphatic carbocycles. The van der Waals surface area contributed by atoms with Gasteiger partial charge in [0.25, 0.3) is 0 Å². The number of hydrogen-bond donors (Lipinski definition) is 0. The summed E-state index contributed by atoms with van der Waals surface area (Å²) < 4.78 is 0. The van der Waals surface area contributed by atoms with Crippen molar-refractivity contribution < 1.29 is 0 Å². The van der Waals surface area contributed by atoms with Gasteiger partial charge in [-0.1, -0.05) is 49.6 Å². The quantitative estimate of drug-likeness (QED) is 0.599. The fourth-order valence-electron chi connectivity index (χ4n) is 1.16. The van der Waals surface area contributed by atoms with Crippen LogP contribution in [-0.2, 0) is 0 Å². The molecule has 12 heavy (non-hydrogen) atoms. The topological polar surface area (TPSA) is 3.24 Å². The minimum atomic E-state index is 1.07. The Labute approximate surface area is 75.7 Å². The molecule has 63 valence electrons. The maximum Gasteiger partial charge on any atom is 0.247 e. The van der Waals surface area contributed by atoms with Gasteiger partial charge in [0, 0.05) is 0 Å². The molecule has 1 radical (unpaired) electrons. The van der Waals surface area contributed by atoms with E-state index < -0.39 is 0 Å². The number of nitrogens with zero attached hydrogens (tertiary/aromatic N) is 1. The normalized spacial score (nSPS) is 10.2. The van der Waals surface area contributed by atoms with Gasteiger partial charge in [0.15, 0.2) is 0 Å². The van der Waals surface area contributed by atoms with Crippen molar-refractivity contribution in [1.82, 2.24) is 4.81 Å². The predicted molar refractivity (Wildman–Crippen MR) is 54.8 cm³/mol. The fourth-order valence-corrected chi connectivity index (χ4v) is 1.16. The van der Waals surface area contributed by atoms with Crippen molar-refractivity contribution in [2.24, 2.45) is 0 Å². The molecule has 1 aromatic carbocycles. The van der Waals surface area contributed by atoms with Gasteiger partial charge >= 0.3 is 0 Å². The molecule has 0 atom stereocenters. The highest BCUT2D eigenvalue weighted by Crippen LogP contribution is 1.86. The molecule has 0 aliphatic heterocycles. The molecular weight excluding hydrogens is 145 g/mol. The Bertz CT molecular complexity index is 206. The molecule has 0 amide bonds. The minimum absolute atomic E-state index is 1.07. The predicted octanol–water partition coefficient (Wildman–Crippen LogP) is 1.27. The third kappa shape index (κ3) is 2.70. The van der Waals surface area contributed by atoms with Gasteiger partial charge in [-0.25, -0.2) is 0 Å². The van der Waals surface area contributed by atoms with E-state index in [1.165, 1.54) is 5.46 Å². The molecule has 0 aromatic heterocycles. The Morgan fingerprint density at radius 1 is 1.08 bits per heavy atom. The van der Waals surface area contributed by atoms with Crippen molar-refractivity contribution in [3.63, 3.8) is 0 Å². The fraction of sp³-hybridized carbons (Fsp3) is 0.400. The van der Waals surface area contributed by atoms with E-state index in [4.69, 9.17) is 0 Å². The Hall–Kier alpha value is -0.755. The lowest BCUT2D eigenvalue weighted by Gasteiger charge is -2.16. The third-order valence-electron chi connectivity index (χ3n) is 1.94. The summed E-state index contributed by atoms with van der Waals surface area (Å²) >= 11 is 0. The lowest BCUT2D eigenvalue weighted by Crippen LogP contribution is -2.35. The molecule has 2 heteroatoms. The lowest BCUT2D eigenvalue weighted by molar-refractivity contribution is 0.498. The van der Waals surface area contributed by atoms with Gasteiger partial charge in [-0.05, 0) is 13.1 Å². The summed E-state index contributed by atoms with van der Waals surface area (Å²) in [5.41, 5.74) is 1.28. The van der Waals surface area contributed by atoms with E-state index >= 15 is 0 Å². The van der Waals surface area contributed by atoms with Gasteiger partial charge in [-0.3, -0.25) is 0 Å². The highest BCUT2D eigenvalue weighted by atomic mass is 15.0. The van der Waals surface area contributed by atoms with E-state index in [1.807, 2.05) is 6.07 Å². The first kappa shape index (κ1) is 9.33. The largest absolute Gasteiger partial charge is 0.343 e. The summed E-state index contributed by atoms with van der Waals surface area (Å²) in [5, 5.41) is 0. The van der Waals surface area contributed by atoms with Gasteiger partial charge in [0.05, 0.1) is 0 Å². The number of benzene rings is 1. The van der Waals surface area contributed by atoms with Crippen LogP contribution in [0, 0.1) is 0 Å². The maximum absolute atomic E-state index is 2.29. The highest BCUT2D eigenvalue weighted by molar-refractivity contribution is 6.50. The first-order valence-corrected chi connectivity index (χ1v) is 4.50. The molecule has 0 heterocycles. The first-order valence-electron chi connectivity index (χ1n) is 4.50. The van der Waals surface area contributed by atoms with E-state index in [0.29, 0.717) is 0 Å². The first-order chi connectivity index (χ1) is 5.86. The molecule has 0 saturated heterocycles. The lowest BCUT2D eigenvalue weighted by atomic mass is 9.80. The van der Waals surface area contributed by atoms with Crippen LogP contribution in [0.3, 0.4) is 0 Å². The Balaban J connectivity index is 2.51. The number of hydrogen-bond acceptors (Lipinski definition) is 1. The van der Waals surface area contributed by atoms with Crippen LogP contribution in [0.5, 0.6) is 0 Å². The molecule has 0 bridgehead atoms. The van der Waals surface area contributed by atoms with Crippen molar-refractivity contribution in [3.8, 4) is 0 Å². The van der Waals surface area contributed by atoms with Crippen molar-refractivity contribution >= 4 is 12.9 Å². The van der Waals surface area contributed by atoms with Crippen LogP contribution in [0.1, 0.15) is 13.8 Å². The molecule has 0 N–H and O–H groups in total. The summed E-state index contributed by atoms with van der Waals surface area (Å²) in [6, 6.07) is 10.4. The molecule has 1 rings (SSSR count). The Morgan fingerprint density at radius 2 is 1.67 bits per heavy atom. The van der Waals surface area contributed by atoms with Crippen LogP contribution < -0.4 is 5.46 Å². The summed E-state index contributed by atoms with van der Waals surface area (Å²) in [6.07, 6.45) is 0. The van der Waals surface area contributed by atoms with Gasteiger partial charge < -0.3 is 4.81 Å². The number of rotatable bonds is 4. The molecule has 0 spiro atoms. The summed E-state index contributed by atoms with van der Waals surface area (Å²) in [6.45, 7) is 6.49. The van der Waals surface area contributed by atoms with E-state index in [1.54, 1.807) is 0 Å². The molecule has 1 nitrogen and oxygen atoms in total. The zero-order valence-corrected chi connectivity index (χ0v) is 7.83. The second-order valence-electron chi connectivity index (χ2n) is 2.76. The SMILES string of the molecule is CCN([B]c1ccccc1)CC. The maximum atomic E-state index is 2.29. The van der Waals surface area contributed by atoms with Crippen molar-refractivity contribution in [2.45, 2.75) is 13.8 Å². The molecule has 1 aromatic rings. The monoisotopic (exact) mass is 160 g/mol.